The highest BCUT2D eigenvalue weighted by atomic mass is 15.4. The van der Waals surface area contributed by atoms with Crippen molar-refractivity contribution < 1.29 is 0 Å². The monoisotopic (exact) mass is 313 g/mol. The molecule has 0 amide bonds. The fourth-order valence-electron chi connectivity index (χ4n) is 3.34. The van der Waals surface area contributed by atoms with Crippen LogP contribution >= 0.6 is 0 Å². The number of hydrogen-bond acceptors (Lipinski definition) is 4. The van der Waals surface area contributed by atoms with Gasteiger partial charge in [-0.05, 0) is 31.5 Å². The van der Waals surface area contributed by atoms with Crippen molar-refractivity contribution in [1.82, 2.24) is 25.2 Å². The lowest BCUT2D eigenvalue weighted by Crippen LogP contribution is -2.45. The average molecular weight is 313 g/mol. The van der Waals surface area contributed by atoms with Crippen LogP contribution in [0.25, 0.3) is 0 Å². The Morgan fingerprint density at radius 3 is 2.91 bits per heavy atom. The van der Waals surface area contributed by atoms with Crippen molar-refractivity contribution in [3.63, 3.8) is 0 Å². The molecule has 1 fully saturated rings. The molecule has 1 aromatic heterocycles. The normalized spacial score (nSPS) is 19.1. The standard InChI is InChI=1S/C18H27N5/c1-2-22-11-7-6-10-18(22)13-19-12-17-15-23(21-20-17)14-16-8-4-3-5-9-16/h3-5,8-9,15,18-19H,2,6-7,10-14H2,1H3. The molecule has 5 heteroatoms. The molecule has 0 aliphatic carbocycles. The van der Waals surface area contributed by atoms with Gasteiger partial charge in [0.1, 0.15) is 0 Å². The summed E-state index contributed by atoms with van der Waals surface area (Å²) in [6.07, 6.45) is 6.05. The Kier molecular flexibility index (Phi) is 5.77. The summed E-state index contributed by atoms with van der Waals surface area (Å²) in [5, 5.41) is 12.1. The summed E-state index contributed by atoms with van der Waals surface area (Å²) >= 11 is 0. The van der Waals surface area contributed by atoms with Gasteiger partial charge in [-0.1, -0.05) is 48.9 Å². The summed E-state index contributed by atoms with van der Waals surface area (Å²) in [6.45, 7) is 7.27. The molecule has 3 rings (SSSR count). The van der Waals surface area contributed by atoms with Gasteiger partial charge in [0.05, 0.1) is 18.4 Å². The quantitative estimate of drug-likeness (QED) is 0.852. The number of likely N-dealkylation sites (N-methyl/N-ethyl adjacent to an activating group) is 1. The van der Waals surface area contributed by atoms with E-state index in [1.165, 1.54) is 31.4 Å². The van der Waals surface area contributed by atoms with Crippen LogP contribution in [0.1, 0.15) is 37.4 Å². The maximum absolute atomic E-state index is 4.27. The first kappa shape index (κ1) is 16.1. The van der Waals surface area contributed by atoms with Crippen LogP contribution in [0.5, 0.6) is 0 Å². The Morgan fingerprint density at radius 1 is 1.22 bits per heavy atom. The molecule has 1 aliphatic rings. The molecule has 0 bridgehead atoms. The van der Waals surface area contributed by atoms with Crippen LogP contribution in [-0.4, -0.2) is 45.6 Å². The molecule has 0 radical (unpaired) electrons. The number of aromatic nitrogens is 3. The molecule has 1 aliphatic heterocycles. The molecule has 1 N–H and O–H groups in total. The molecule has 1 unspecified atom stereocenters. The second kappa shape index (κ2) is 8.22. The van der Waals surface area contributed by atoms with Crippen molar-refractivity contribution in [3.05, 3.63) is 47.8 Å². The van der Waals surface area contributed by atoms with Gasteiger partial charge in [0.25, 0.3) is 0 Å². The molecular weight excluding hydrogens is 286 g/mol. The second-order valence-electron chi connectivity index (χ2n) is 6.30. The Bertz CT molecular complexity index is 580. The molecule has 2 heterocycles. The minimum absolute atomic E-state index is 0.674. The van der Waals surface area contributed by atoms with E-state index in [-0.39, 0.29) is 0 Å². The number of benzene rings is 1. The highest BCUT2D eigenvalue weighted by molar-refractivity contribution is 5.14. The van der Waals surface area contributed by atoms with Crippen molar-refractivity contribution in [3.8, 4) is 0 Å². The van der Waals surface area contributed by atoms with Gasteiger partial charge in [-0.3, -0.25) is 4.90 Å². The van der Waals surface area contributed by atoms with Crippen molar-refractivity contribution in [1.29, 1.82) is 0 Å². The van der Waals surface area contributed by atoms with Crippen LogP contribution in [0.15, 0.2) is 36.5 Å². The molecule has 1 atom stereocenters. The Balaban J connectivity index is 1.46. The highest BCUT2D eigenvalue weighted by Crippen LogP contribution is 2.15. The molecule has 5 nitrogen and oxygen atoms in total. The minimum Gasteiger partial charge on any atom is -0.309 e. The van der Waals surface area contributed by atoms with E-state index in [4.69, 9.17) is 0 Å². The summed E-state index contributed by atoms with van der Waals surface area (Å²) in [5.41, 5.74) is 2.26. The molecule has 23 heavy (non-hydrogen) atoms. The number of piperidine rings is 1. The molecule has 0 spiro atoms. The van der Waals surface area contributed by atoms with Crippen LogP contribution in [0.4, 0.5) is 0 Å². The van der Waals surface area contributed by atoms with Crippen molar-refractivity contribution in [2.75, 3.05) is 19.6 Å². The topological polar surface area (TPSA) is 46.0 Å². The van der Waals surface area contributed by atoms with E-state index in [0.717, 1.165) is 31.9 Å². The van der Waals surface area contributed by atoms with Gasteiger partial charge >= 0.3 is 0 Å². The third kappa shape index (κ3) is 4.62. The van der Waals surface area contributed by atoms with E-state index >= 15 is 0 Å². The smallest absolute Gasteiger partial charge is 0.0964 e. The molecule has 2 aromatic rings. The van der Waals surface area contributed by atoms with Crippen LogP contribution in [-0.2, 0) is 13.1 Å². The van der Waals surface area contributed by atoms with Gasteiger partial charge < -0.3 is 5.32 Å². The number of hydrogen-bond donors (Lipinski definition) is 1. The minimum atomic E-state index is 0.674. The first-order valence-corrected chi connectivity index (χ1v) is 8.73. The molecule has 0 saturated carbocycles. The first-order valence-electron chi connectivity index (χ1n) is 8.73. The van der Waals surface area contributed by atoms with Gasteiger partial charge in [0.15, 0.2) is 0 Å². The van der Waals surface area contributed by atoms with Crippen molar-refractivity contribution in [2.24, 2.45) is 0 Å². The Labute approximate surface area is 138 Å². The van der Waals surface area contributed by atoms with Gasteiger partial charge in [-0.25, -0.2) is 4.68 Å². The Morgan fingerprint density at radius 2 is 2.09 bits per heavy atom. The molecule has 1 aromatic carbocycles. The average Bonchev–Trinajstić information content (AvgIpc) is 3.03. The predicted molar refractivity (Wildman–Crippen MR) is 92.2 cm³/mol. The third-order valence-corrected chi connectivity index (χ3v) is 4.61. The lowest BCUT2D eigenvalue weighted by Gasteiger charge is -2.34. The van der Waals surface area contributed by atoms with Gasteiger partial charge in [0, 0.05) is 19.1 Å². The molecular formula is C18H27N5. The number of likely N-dealkylation sites (tertiary alicyclic amines) is 1. The predicted octanol–water partition coefficient (Wildman–Crippen LogP) is 2.29. The second-order valence-corrected chi connectivity index (χ2v) is 6.30. The van der Waals surface area contributed by atoms with Gasteiger partial charge in [0.2, 0.25) is 0 Å². The highest BCUT2D eigenvalue weighted by Gasteiger charge is 2.20. The summed E-state index contributed by atoms with van der Waals surface area (Å²) in [4.78, 5) is 2.59. The van der Waals surface area contributed by atoms with E-state index in [1.54, 1.807) is 0 Å². The number of nitrogens with zero attached hydrogens (tertiary/aromatic N) is 4. The third-order valence-electron chi connectivity index (χ3n) is 4.61. The lowest BCUT2D eigenvalue weighted by atomic mass is 10.0. The summed E-state index contributed by atoms with van der Waals surface area (Å²) < 4.78 is 1.91. The first-order chi connectivity index (χ1) is 11.3. The van der Waals surface area contributed by atoms with Crippen molar-refractivity contribution in [2.45, 2.75) is 45.3 Å². The summed E-state index contributed by atoms with van der Waals surface area (Å²) in [7, 11) is 0. The van der Waals surface area contributed by atoms with E-state index in [9.17, 15) is 0 Å². The van der Waals surface area contributed by atoms with Crippen LogP contribution in [0.3, 0.4) is 0 Å². The number of rotatable bonds is 7. The zero-order chi connectivity index (χ0) is 15.9. The SMILES string of the molecule is CCN1CCCCC1CNCc1cn(Cc2ccccc2)nn1. The zero-order valence-corrected chi connectivity index (χ0v) is 14.0. The van der Waals surface area contributed by atoms with E-state index in [2.05, 4.69) is 51.7 Å². The maximum Gasteiger partial charge on any atom is 0.0964 e. The summed E-state index contributed by atoms with van der Waals surface area (Å²) in [5.74, 6) is 0. The number of nitrogens with one attached hydrogen (secondary N) is 1. The fourth-order valence-corrected chi connectivity index (χ4v) is 3.34. The van der Waals surface area contributed by atoms with E-state index < -0.39 is 0 Å². The van der Waals surface area contributed by atoms with Gasteiger partial charge in [-0.2, -0.15) is 0 Å². The fraction of sp³-hybridized carbons (Fsp3) is 0.556. The Hall–Kier alpha value is -1.72. The van der Waals surface area contributed by atoms with Crippen LogP contribution in [0, 0.1) is 0 Å². The lowest BCUT2D eigenvalue weighted by molar-refractivity contribution is 0.153. The van der Waals surface area contributed by atoms with E-state index in [1.807, 2.05) is 16.9 Å². The van der Waals surface area contributed by atoms with Crippen LogP contribution < -0.4 is 5.32 Å². The van der Waals surface area contributed by atoms with Gasteiger partial charge in [-0.15, -0.1) is 5.10 Å². The molecule has 124 valence electrons. The zero-order valence-electron chi connectivity index (χ0n) is 14.0. The largest absolute Gasteiger partial charge is 0.309 e. The van der Waals surface area contributed by atoms with E-state index in [0.29, 0.717) is 6.04 Å². The maximum atomic E-state index is 4.27. The summed E-state index contributed by atoms with van der Waals surface area (Å²) in [6, 6.07) is 11.0. The van der Waals surface area contributed by atoms with Crippen LogP contribution in [0.2, 0.25) is 0 Å². The molecule has 1 saturated heterocycles. The van der Waals surface area contributed by atoms with Crippen molar-refractivity contribution >= 4 is 0 Å².